The first kappa shape index (κ1) is 13.5. The molecule has 0 bridgehead atoms. The number of hydrogen-bond donors (Lipinski definition) is 1. The van der Waals surface area contributed by atoms with Crippen molar-refractivity contribution in [2.45, 2.75) is 13.5 Å². The molecule has 104 valence electrons. The van der Waals surface area contributed by atoms with Crippen LogP contribution in [0, 0.1) is 0 Å². The topological polar surface area (TPSA) is 78.7 Å². The first-order valence-corrected chi connectivity index (χ1v) is 6.32. The number of carbonyl (C=O) groups is 2. The van der Waals surface area contributed by atoms with Crippen LogP contribution in [-0.2, 0) is 6.54 Å². The predicted molar refractivity (Wildman–Crippen MR) is 68.3 cm³/mol. The summed E-state index contributed by atoms with van der Waals surface area (Å²) in [5.41, 5.74) is 0.267. The van der Waals surface area contributed by atoms with Gasteiger partial charge in [-0.3, -0.25) is 9.48 Å². The zero-order valence-corrected chi connectivity index (χ0v) is 11.2. The van der Waals surface area contributed by atoms with Gasteiger partial charge in [-0.1, -0.05) is 0 Å². The molecule has 1 N–H and O–H groups in total. The summed E-state index contributed by atoms with van der Waals surface area (Å²) in [5.74, 6) is -1.26. The molecule has 1 fully saturated rings. The number of rotatable bonds is 3. The Hall–Kier alpha value is -1.89. The molecule has 7 nitrogen and oxygen atoms in total. The average molecular weight is 266 g/mol. The van der Waals surface area contributed by atoms with E-state index in [1.54, 1.807) is 11.8 Å². The van der Waals surface area contributed by atoms with Gasteiger partial charge >= 0.3 is 5.97 Å². The Morgan fingerprint density at radius 1 is 1.32 bits per heavy atom. The number of aryl methyl sites for hydroxylation is 1. The molecule has 0 atom stereocenters. The number of carbonyl (C=O) groups excluding carboxylic acids is 1. The number of aromatic nitrogens is 2. The van der Waals surface area contributed by atoms with Gasteiger partial charge in [-0.25, -0.2) is 4.79 Å². The zero-order chi connectivity index (χ0) is 14.0. The third-order valence-electron chi connectivity index (χ3n) is 3.31. The number of hydrogen-bond acceptors (Lipinski definition) is 4. The van der Waals surface area contributed by atoms with Crippen LogP contribution in [0.1, 0.15) is 27.9 Å². The molecule has 1 saturated heterocycles. The van der Waals surface area contributed by atoms with E-state index < -0.39 is 5.97 Å². The van der Waals surface area contributed by atoms with Gasteiger partial charge in [0.05, 0.1) is 0 Å². The fourth-order valence-corrected chi connectivity index (χ4v) is 2.11. The third kappa shape index (κ3) is 2.76. The first-order valence-electron chi connectivity index (χ1n) is 6.32. The molecule has 1 aliphatic heterocycles. The van der Waals surface area contributed by atoms with Gasteiger partial charge in [0, 0.05) is 38.8 Å². The third-order valence-corrected chi connectivity index (χ3v) is 3.31. The van der Waals surface area contributed by atoms with Crippen LogP contribution in [0.5, 0.6) is 0 Å². The summed E-state index contributed by atoms with van der Waals surface area (Å²) in [6.07, 6.45) is 0. The molecule has 0 unspecified atom stereocenters. The fourth-order valence-electron chi connectivity index (χ4n) is 2.11. The minimum absolute atomic E-state index is 0.0555. The van der Waals surface area contributed by atoms with Crippen molar-refractivity contribution >= 4 is 11.9 Å². The molecule has 0 saturated carbocycles. The number of likely N-dealkylation sites (N-methyl/N-ethyl adjacent to an activating group) is 1. The van der Waals surface area contributed by atoms with Gasteiger partial charge in [-0.2, -0.15) is 5.10 Å². The molecule has 2 heterocycles. The van der Waals surface area contributed by atoms with Crippen molar-refractivity contribution in [3.05, 3.63) is 17.5 Å². The van der Waals surface area contributed by atoms with Crippen molar-refractivity contribution in [1.29, 1.82) is 0 Å². The van der Waals surface area contributed by atoms with Crippen LogP contribution in [0.3, 0.4) is 0 Å². The van der Waals surface area contributed by atoms with Crippen molar-refractivity contribution in [3.8, 4) is 0 Å². The minimum atomic E-state index is -1.06. The summed E-state index contributed by atoms with van der Waals surface area (Å²) < 4.78 is 1.34. The molecule has 0 aromatic carbocycles. The van der Waals surface area contributed by atoms with E-state index in [1.165, 1.54) is 10.7 Å². The van der Waals surface area contributed by atoms with E-state index in [-0.39, 0.29) is 17.3 Å². The second-order valence-electron chi connectivity index (χ2n) is 4.63. The van der Waals surface area contributed by atoms with E-state index in [9.17, 15) is 9.59 Å². The Morgan fingerprint density at radius 2 is 1.95 bits per heavy atom. The van der Waals surface area contributed by atoms with Crippen LogP contribution in [0.25, 0.3) is 0 Å². The second kappa shape index (κ2) is 5.40. The Morgan fingerprint density at radius 3 is 2.42 bits per heavy atom. The lowest BCUT2D eigenvalue weighted by Crippen LogP contribution is -2.47. The molecule has 19 heavy (non-hydrogen) atoms. The van der Waals surface area contributed by atoms with Crippen LogP contribution < -0.4 is 0 Å². The van der Waals surface area contributed by atoms with Crippen LogP contribution in [-0.4, -0.2) is 69.8 Å². The highest BCUT2D eigenvalue weighted by atomic mass is 16.4. The maximum absolute atomic E-state index is 12.2. The van der Waals surface area contributed by atoms with E-state index in [0.717, 1.165) is 13.1 Å². The number of nitrogens with zero attached hydrogens (tertiary/aromatic N) is 4. The molecule has 7 heteroatoms. The maximum Gasteiger partial charge on any atom is 0.354 e. The summed E-state index contributed by atoms with van der Waals surface area (Å²) in [7, 11) is 2.01. The summed E-state index contributed by atoms with van der Waals surface area (Å²) in [6, 6.07) is 1.35. The molecule has 1 aromatic heterocycles. The van der Waals surface area contributed by atoms with Gasteiger partial charge in [0.2, 0.25) is 0 Å². The molecule has 0 aliphatic carbocycles. The highest BCUT2D eigenvalue weighted by Gasteiger charge is 2.24. The van der Waals surface area contributed by atoms with Gasteiger partial charge < -0.3 is 14.9 Å². The van der Waals surface area contributed by atoms with Crippen molar-refractivity contribution in [2.24, 2.45) is 0 Å². The molecular formula is C12H18N4O3. The van der Waals surface area contributed by atoms with Crippen LogP contribution in [0.2, 0.25) is 0 Å². The fraction of sp³-hybridized carbons (Fsp3) is 0.583. The monoisotopic (exact) mass is 266 g/mol. The number of amides is 1. The van der Waals surface area contributed by atoms with E-state index in [2.05, 4.69) is 10.00 Å². The van der Waals surface area contributed by atoms with Crippen molar-refractivity contribution in [2.75, 3.05) is 33.2 Å². The van der Waals surface area contributed by atoms with E-state index in [0.29, 0.717) is 19.6 Å². The lowest BCUT2D eigenvalue weighted by Gasteiger charge is -2.31. The van der Waals surface area contributed by atoms with Gasteiger partial charge in [0.25, 0.3) is 5.91 Å². The zero-order valence-electron chi connectivity index (χ0n) is 11.2. The molecule has 0 spiro atoms. The van der Waals surface area contributed by atoms with E-state index >= 15 is 0 Å². The molecule has 0 radical (unpaired) electrons. The normalized spacial score (nSPS) is 16.6. The molecule has 1 aliphatic rings. The SMILES string of the molecule is CCn1nc(C(=O)N2CCN(C)CC2)cc1C(=O)O. The van der Waals surface area contributed by atoms with Crippen LogP contribution in [0.4, 0.5) is 0 Å². The summed E-state index contributed by atoms with van der Waals surface area (Å²) in [4.78, 5) is 27.2. The van der Waals surface area contributed by atoms with Crippen LogP contribution >= 0.6 is 0 Å². The number of piperazine rings is 1. The lowest BCUT2D eigenvalue weighted by molar-refractivity contribution is 0.0655. The maximum atomic E-state index is 12.2. The minimum Gasteiger partial charge on any atom is -0.477 e. The van der Waals surface area contributed by atoms with Crippen molar-refractivity contribution < 1.29 is 14.7 Å². The Kier molecular flexibility index (Phi) is 3.84. The quantitative estimate of drug-likeness (QED) is 0.832. The van der Waals surface area contributed by atoms with Crippen molar-refractivity contribution in [3.63, 3.8) is 0 Å². The standard InChI is InChI=1S/C12H18N4O3/c1-3-16-10(12(18)19)8-9(13-16)11(17)15-6-4-14(2)5-7-15/h8H,3-7H2,1-2H3,(H,18,19). The molecule has 2 rings (SSSR count). The molecule has 1 amide bonds. The van der Waals surface area contributed by atoms with Crippen LogP contribution in [0.15, 0.2) is 6.07 Å². The average Bonchev–Trinajstić information content (AvgIpc) is 2.83. The highest BCUT2D eigenvalue weighted by molar-refractivity contribution is 5.95. The van der Waals surface area contributed by atoms with E-state index in [1.807, 2.05) is 7.05 Å². The smallest absolute Gasteiger partial charge is 0.354 e. The summed E-state index contributed by atoms with van der Waals surface area (Å²) >= 11 is 0. The first-order chi connectivity index (χ1) is 9.02. The summed E-state index contributed by atoms with van der Waals surface area (Å²) in [6.45, 7) is 5.17. The Balaban J connectivity index is 2.17. The highest BCUT2D eigenvalue weighted by Crippen LogP contribution is 2.10. The van der Waals surface area contributed by atoms with Gasteiger partial charge in [-0.05, 0) is 14.0 Å². The molecule has 1 aromatic rings. The van der Waals surface area contributed by atoms with Gasteiger partial charge in [0.1, 0.15) is 5.69 Å². The number of carboxylic acid groups (broad SMARTS) is 1. The van der Waals surface area contributed by atoms with E-state index in [4.69, 9.17) is 5.11 Å². The lowest BCUT2D eigenvalue weighted by atomic mass is 10.2. The largest absolute Gasteiger partial charge is 0.477 e. The second-order valence-corrected chi connectivity index (χ2v) is 4.63. The Labute approximate surface area is 111 Å². The molecular weight excluding hydrogens is 248 g/mol. The Bertz CT molecular complexity index is 489. The van der Waals surface area contributed by atoms with Gasteiger partial charge in [0.15, 0.2) is 5.69 Å². The summed E-state index contributed by atoms with van der Waals surface area (Å²) in [5, 5.41) is 13.1. The van der Waals surface area contributed by atoms with Gasteiger partial charge in [-0.15, -0.1) is 0 Å². The number of aromatic carboxylic acids is 1. The number of carboxylic acids is 1. The predicted octanol–water partition coefficient (Wildman–Crippen LogP) is -0.0112. The van der Waals surface area contributed by atoms with Crippen molar-refractivity contribution in [1.82, 2.24) is 19.6 Å².